The maximum Gasteiger partial charge on any atom is 0.0357 e. The van der Waals surface area contributed by atoms with Gasteiger partial charge in [-0.1, -0.05) is 32.6 Å². The van der Waals surface area contributed by atoms with E-state index in [1.807, 2.05) is 0 Å². The van der Waals surface area contributed by atoms with Crippen LogP contribution in [0, 0.1) is 0 Å². The van der Waals surface area contributed by atoms with Gasteiger partial charge in [0.1, 0.15) is 0 Å². The fraction of sp³-hybridized carbons (Fsp3) is 1.00. The van der Waals surface area contributed by atoms with Gasteiger partial charge in [0.25, 0.3) is 0 Å². The first-order valence-electron chi connectivity index (χ1n) is 5.70. The van der Waals surface area contributed by atoms with Gasteiger partial charge in [0.15, 0.2) is 0 Å². The van der Waals surface area contributed by atoms with Gasteiger partial charge < -0.3 is 5.32 Å². The van der Waals surface area contributed by atoms with Crippen LogP contribution >= 0.6 is 0 Å². The van der Waals surface area contributed by atoms with Crippen molar-refractivity contribution in [2.75, 3.05) is 18.6 Å². The topological polar surface area (TPSA) is 29.1 Å². The Morgan fingerprint density at radius 2 is 2.00 bits per heavy atom. The lowest BCUT2D eigenvalue weighted by molar-refractivity contribution is 0.495. The van der Waals surface area contributed by atoms with E-state index in [1.54, 1.807) is 6.26 Å². The number of unbranched alkanes of at least 4 members (excludes halogenated alkanes) is 3. The van der Waals surface area contributed by atoms with Crippen molar-refractivity contribution in [3.05, 3.63) is 0 Å². The molecule has 14 heavy (non-hydrogen) atoms. The molecule has 0 aromatic heterocycles. The van der Waals surface area contributed by atoms with Crippen molar-refractivity contribution in [2.24, 2.45) is 0 Å². The normalized spacial score (nSPS) is 15.4. The third kappa shape index (κ3) is 10.2. The summed E-state index contributed by atoms with van der Waals surface area (Å²) in [5, 5.41) is 3.40. The zero-order valence-electron chi connectivity index (χ0n) is 9.84. The molecule has 0 radical (unpaired) electrons. The molecule has 0 saturated heterocycles. The van der Waals surface area contributed by atoms with E-state index in [4.69, 9.17) is 0 Å². The molecule has 0 amide bonds. The van der Waals surface area contributed by atoms with Gasteiger partial charge in [0.05, 0.1) is 0 Å². The Balaban J connectivity index is 3.19. The minimum atomic E-state index is -0.653. The van der Waals surface area contributed by atoms with Gasteiger partial charge in [0, 0.05) is 35.4 Å². The van der Waals surface area contributed by atoms with E-state index in [-0.39, 0.29) is 0 Å². The van der Waals surface area contributed by atoms with E-state index >= 15 is 0 Å². The Kier molecular flexibility index (Phi) is 9.73. The first-order valence-corrected chi connectivity index (χ1v) is 7.43. The van der Waals surface area contributed by atoms with E-state index in [2.05, 4.69) is 19.2 Å². The lowest BCUT2D eigenvalue weighted by atomic mass is 10.1. The molecule has 0 aromatic carbocycles. The summed E-state index contributed by atoms with van der Waals surface area (Å²) >= 11 is 0. The van der Waals surface area contributed by atoms with Crippen molar-refractivity contribution >= 4 is 10.8 Å². The maximum atomic E-state index is 10.8. The van der Waals surface area contributed by atoms with Crippen molar-refractivity contribution < 1.29 is 4.21 Å². The van der Waals surface area contributed by atoms with Crippen molar-refractivity contribution in [1.29, 1.82) is 0 Å². The van der Waals surface area contributed by atoms with Crippen molar-refractivity contribution in [1.82, 2.24) is 5.32 Å². The number of hydrogen-bond acceptors (Lipinski definition) is 2. The van der Waals surface area contributed by atoms with Crippen LogP contribution in [0.15, 0.2) is 0 Å². The monoisotopic (exact) mass is 219 g/mol. The largest absolute Gasteiger partial charge is 0.313 e. The molecule has 0 fully saturated rings. The fourth-order valence-corrected chi connectivity index (χ4v) is 1.83. The van der Waals surface area contributed by atoms with E-state index in [0.29, 0.717) is 6.04 Å². The number of hydrogen-bond donors (Lipinski definition) is 1. The summed E-state index contributed by atoms with van der Waals surface area (Å²) in [4.78, 5) is 0. The standard InChI is InChI=1S/C11H25NOS/c1-4-5-6-7-8-11(2)12-9-10-14(3)13/h11-12H,4-10H2,1-3H3. The van der Waals surface area contributed by atoms with Gasteiger partial charge in [-0.3, -0.25) is 4.21 Å². The molecule has 2 atom stereocenters. The van der Waals surface area contributed by atoms with Gasteiger partial charge in [-0.15, -0.1) is 0 Å². The molecule has 0 aliphatic heterocycles. The second-order valence-electron chi connectivity index (χ2n) is 3.98. The number of nitrogens with one attached hydrogen (secondary N) is 1. The molecule has 1 N–H and O–H groups in total. The molecule has 0 aliphatic carbocycles. The van der Waals surface area contributed by atoms with Gasteiger partial charge in [-0.25, -0.2) is 0 Å². The van der Waals surface area contributed by atoms with E-state index in [0.717, 1.165) is 12.3 Å². The third-order valence-electron chi connectivity index (χ3n) is 2.37. The van der Waals surface area contributed by atoms with Crippen LogP contribution in [-0.2, 0) is 10.8 Å². The molecule has 0 aromatic rings. The van der Waals surface area contributed by atoms with Crippen LogP contribution in [0.25, 0.3) is 0 Å². The summed E-state index contributed by atoms with van der Waals surface area (Å²) in [5.41, 5.74) is 0. The summed E-state index contributed by atoms with van der Waals surface area (Å²) in [6, 6.07) is 0.579. The average Bonchev–Trinajstić information content (AvgIpc) is 2.12. The summed E-state index contributed by atoms with van der Waals surface area (Å²) in [6.07, 6.45) is 8.33. The highest BCUT2D eigenvalue weighted by molar-refractivity contribution is 7.84. The van der Waals surface area contributed by atoms with Gasteiger partial charge >= 0.3 is 0 Å². The highest BCUT2D eigenvalue weighted by atomic mass is 32.2. The minimum absolute atomic E-state index is 0.579. The smallest absolute Gasteiger partial charge is 0.0357 e. The van der Waals surface area contributed by atoms with E-state index in [1.165, 1.54) is 32.1 Å². The Morgan fingerprint density at radius 3 is 2.57 bits per heavy atom. The molecule has 86 valence electrons. The predicted molar refractivity (Wildman–Crippen MR) is 65.2 cm³/mol. The van der Waals surface area contributed by atoms with Crippen LogP contribution in [0.3, 0.4) is 0 Å². The molecule has 0 heterocycles. The second kappa shape index (κ2) is 9.66. The summed E-state index contributed by atoms with van der Waals surface area (Å²) in [6.45, 7) is 5.33. The van der Waals surface area contributed by atoms with Crippen molar-refractivity contribution in [2.45, 2.75) is 52.0 Å². The summed E-state index contributed by atoms with van der Waals surface area (Å²) in [7, 11) is -0.653. The average molecular weight is 219 g/mol. The van der Waals surface area contributed by atoms with Crippen LogP contribution in [-0.4, -0.2) is 28.8 Å². The van der Waals surface area contributed by atoms with Crippen molar-refractivity contribution in [3.8, 4) is 0 Å². The van der Waals surface area contributed by atoms with E-state index in [9.17, 15) is 4.21 Å². The van der Waals surface area contributed by atoms with Crippen LogP contribution < -0.4 is 5.32 Å². The number of rotatable bonds is 9. The highest BCUT2D eigenvalue weighted by Gasteiger charge is 2.00. The fourth-order valence-electron chi connectivity index (χ4n) is 1.43. The molecular formula is C11H25NOS. The quantitative estimate of drug-likeness (QED) is 0.603. The second-order valence-corrected chi connectivity index (χ2v) is 5.54. The van der Waals surface area contributed by atoms with Crippen LogP contribution in [0.4, 0.5) is 0 Å². The van der Waals surface area contributed by atoms with Gasteiger partial charge in [0.2, 0.25) is 0 Å². The van der Waals surface area contributed by atoms with Gasteiger partial charge in [-0.05, 0) is 13.3 Å². The molecule has 0 aliphatic rings. The zero-order valence-corrected chi connectivity index (χ0v) is 10.7. The molecule has 2 nitrogen and oxygen atoms in total. The third-order valence-corrected chi connectivity index (χ3v) is 3.15. The Morgan fingerprint density at radius 1 is 1.29 bits per heavy atom. The predicted octanol–water partition coefficient (Wildman–Crippen LogP) is 2.31. The van der Waals surface area contributed by atoms with Crippen LogP contribution in [0.5, 0.6) is 0 Å². The molecular weight excluding hydrogens is 194 g/mol. The lowest BCUT2D eigenvalue weighted by Crippen LogP contribution is -2.29. The van der Waals surface area contributed by atoms with Crippen molar-refractivity contribution in [3.63, 3.8) is 0 Å². The molecule has 2 unspecified atom stereocenters. The molecule has 3 heteroatoms. The Bertz CT molecular complexity index is 150. The first-order chi connectivity index (χ1) is 6.66. The SMILES string of the molecule is CCCCCCC(C)NCCS(C)=O. The summed E-state index contributed by atoms with van der Waals surface area (Å²) < 4.78 is 10.8. The van der Waals surface area contributed by atoms with Crippen LogP contribution in [0.1, 0.15) is 46.0 Å². The van der Waals surface area contributed by atoms with E-state index < -0.39 is 10.8 Å². The minimum Gasteiger partial charge on any atom is -0.313 e. The summed E-state index contributed by atoms with van der Waals surface area (Å²) in [5.74, 6) is 0.777. The van der Waals surface area contributed by atoms with Gasteiger partial charge in [-0.2, -0.15) is 0 Å². The maximum absolute atomic E-state index is 10.8. The zero-order chi connectivity index (χ0) is 10.8. The first kappa shape index (κ1) is 14.1. The molecule has 0 rings (SSSR count). The van der Waals surface area contributed by atoms with Crippen LogP contribution in [0.2, 0.25) is 0 Å². The lowest BCUT2D eigenvalue weighted by Gasteiger charge is -2.12. The molecule has 0 saturated carbocycles. The molecule has 0 bridgehead atoms. The highest BCUT2D eigenvalue weighted by Crippen LogP contribution is 2.04. The Labute approximate surface area is 91.3 Å². The Hall–Kier alpha value is 0.110. The molecule has 0 spiro atoms.